The smallest absolute Gasteiger partial charge is 0.548 e. The van der Waals surface area contributed by atoms with E-state index in [1.807, 2.05) is 30.3 Å². The maximum absolute atomic E-state index is 12.4. The van der Waals surface area contributed by atoms with Crippen LogP contribution in [-0.2, 0) is 27.2 Å². The predicted molar refractivity (Wildman–Crippen MR) is 100 cm³/mol. The van der Waals surface area contributed by atoms with Crippen LogP contribution in [-0.4, -0.2) is 55.0 Å². The van der Waals surface area contributed by atoms with E-state index in [-0.39, 0.29) is 41.9 Å². The van der Waals surface area contributed by atoms with Crippen molar-refractivity contribution in [3.05, 3.63) is 47.6 Å². The maximum Gasteiger partial charge on any atom is 1.00 e. The summed E-state index contributed by atoms with van der Waals surface area (Å²) in [5, 5.41) is 17.5. The molecular formula is C19H19N4NaO5S. The Bertz CT molecular complexity index is 967. The molecule has 2 aliphatic heterocycles. The number of benzene rings is 1. The number of aliphatic carboxylic acids is 1. The maximum atomic E-state index is 12.4. The summed E-state index contributed by atoms with van der Waals surface area (Å²) in [7, 11) is 0. The number of thioether (sulfide) groups is 1. The van der Waals surface area contributed by atoms with E-state index in [0.717, 1.165) is 5.56 Å². The summed E-state index contributed by atoms with van der Waals surface area (Å²) in [6.07, 6.45) is 0.330. The Labute approximate surface area is 199 Å². The van der Waals surface area contributed by atoms with Crippen LogP contribution in [0.5, 0.6) is 0 Å². The third kappa shape index (κ3) is 4.27. The van der Waals surface area contributed by atoms with Gasteiger partial charge in [-0.15, -0.1) is 11.8 Å². The van der Waals surface area contributed by atoms with Crippen LogP contribution in [0.1, 0.15) is 31.1 Å². The number of rotatable bonds is 6. The van der Waals surface area contributed by atoms with E-state index in [2.05, 4.69) is 15.5 Å². The zero-order valence-electron chi connectivity index (χ0n) is 16.8. The van der Waals surface area contributed by atoms with Crippen molar-refractivity contribution in [3.63, 3.8) is 0 Å². The van der Waals surface area contributed by atoms with Crippen LogP contribution >= 0.6 is 11.8 Å². The van der Waals surface area contributed by atoms with Gasteiger partial charge >= 0.3 is 29.6 Å². The number of carboxylic acid groups (broad SMARTS) is 1. The van der Waals surface area contributed by atoms with Crippen molar-refractivity contribution in [2.45, 2.75) is 48.9 Å². The standard InChI is InChI=1S/C19H20N4O5S.Na/c1-19(2)15(18(26)27)23-16(25)14(17(23)29-19)21-12(24)9-13-20-11(22-28-13)8-10-6-4-3-5-7-10;/h3-7,14-15,17H,8-9H2,1-2H3,(H,21,24)(H,26,27);/q;+1/p-1/t14-,15+,17-;/m1./s1. The van der Waals surface area contributed by atoms with Gasteiger partial charge in [-0.25, -0.2) is 0 Å². The fraction of sp³-hybridized carbons (Fsp3) is 0.421. The second-order valence-corrected chi connectivity index (χ2v) is 9.34. The van der Waals surface area contributed by atoms with E-state index in [4.69, 9.17) is 4.52 Å². The van der Waals surface area contributed by atoms with Crippen molar-refractivity contribution in [1.29, 1.82) is 0 Å². The Morgan fingerprint density at radius 1 is 1.30 bits per heavy atom. The number of β-lactam (4-membered cyclic amide) rings is 1. The molecule has 9 nitrogen and oxygen atoms in total. The monoisotopic (exact) mass is 438 g/mol. The number of carboxylic acids is 1. The molecule has 2 saturated heterocycles. The van der Waals surface area contributed by atoms with E-state index in [9.17, 15) is 19.5 Å². The molecule has 3 heterocycles. The number of aromatic nitrogens is 2. The minimum Gasteiger partial charge on any atom is -0.548 e. The number of amides is 2. The van der Waals surface area contributed by atoms with Gasteiger partial charge in [0, 0.05) is 11.2 Å². The van der Waals surface area contributed by atoms with Crippen molar-refractivity contribution >= 4 is 29.5 Å². The van der Waals surface area contributed by atoms with Crippen molar-refractivity contribution < 1.29 is 53.6 Å². The molecule has 0 spiro atoms. The number of carbonyl (C=O) groups is 3. The summed E-state index contributed by atoms with van der Waals surface area (Å²) < 4.78 is 4.43. The molecule has 2 amide bonds. The van der Waals surface area contributed by atoms with E-state index in [1.165, 1.54) is 16.7 Å². The molecule has 1 aromatic carbocycles. The minimum absolute atomic E-state index is 0. The molecule has 1 N–H and O–H groups in total. The van der Waals surface area contributed by atoms with Crippen molar-refractivity contribution in [3.8, 4) is 0 Å². The zero-order chi connectivity index (χ0) is 20.8. The van der Waals surface area contributed by atoms with Crippen LogP contribution in [0.4, 0.5) is 0 Å². The van der Waals surface area contributed by atoms with Gasteiger partial charge in [0.2, 0.25) is 17.7 Å². The average molecular weight is 438 g/mol. The van der Waals surface area contributed by atoms with Crippen LogP contribution < -0.4 is 40.0 Å². The quantitative estimate of drug-likeness (QED) is 0.364. The molecular weight excluding hydrogens is 419 g/mol. The molecule has 4 rings (SSSR count). The van der Waals surface area contributed by atoms with Crippen LogP contribution in [0.2, 0.25) is 0 Å². The van der Waals surface area contributed by atoms with Gasteiger partial charge in [0.15, 0.2) is 5.82 Å². The Hall–Kier alpha value is -1.88. The molecule has 3 atom stereocenters. The van der Waals surface area contributed by atoms with E-state index in [1.54, 1.807) is 13.8 Å². The summed E-state index contributed by atoms with van der Waals surface area (Å²) in [5.41, 5.74) is 1.02. The van der Waals surface area contributed by atoms with Crippen molar-refractivity contribution in [2.24, 2.45) is 0 Å². The summed E-state index contributed by atoms with van der Waals surface area (Å²) in [5.74, 6) is -1.53. The van der Waals surface area contributed by atoms with Gasteiger partial charge in [-0.3, -0.25) is 9.59 Å². The Morgan fingerprint density at radius 3 is 2.67 bits per heavy atom. The minimum atomic E-state index is -1.29. The first-order valence-corrected chi connectivity index (χ1v) is 10.00. The largest absolute Gasteiger partial charge is 1.00 e. The number of nitrogens with one attached hydrogen (secondary N) is 1. The molecule has 0 aliphatic carbocycles. The molecule has 0 radical (unpaired) electrons. The Balaban J connectivity index is 0.00000256. The van der Waals surface area contributed by atoms with Gasteiger partial charge in [0.25, 0.3) is 0 Å². The molecule has 11 heteroatoms. The van der Waals surface area contributed by atoms with Gasteiger partial charge in [-0.1, -0.05) is 35.5 Å². The molecule has 152 valence electrons. The van der Waals surface area contributed by atoms with E-state index in [0.29, 0.717) is 12.2 Å². The van der Waals surface area contributed by atoms with Gasteiger partial charge in [-0.2, -0.15) is 4.98 Å². The number of hydrogen-bond acceptors (Lipinski definition) is 8. The topological polar surface area (TPSA) is 128 Å². The first-order chi connectivity index (χ1) is 13.8. The fourth-order valence-corrected chi connectivity index (χ4v) is 5.32. The molecule has 2 fully saturated rings. The van der Waals surface area contributed by atoms with Crippen LogP contribution in [0.25, 0.3) is 0 Å². The van der Waals surface area contributed by atoms with E-state index >= 15 is 0 Å². The molecule has 30 heavy (non-hydrogen) atoms. The SMILES string of the molecule is CC1(C)S[C@@H]2[C@H](NC(=O)Cc3nc(Cc4ccccc4)no3)C(=O)N2[C@H]1C(=O)[O-].[Na+]. The molecule has 0 bridgehead atoms. The molecule has 0 unspecified atom stereocenters. The summed E-state index contributed by atoms with van der Waals surface area (Å²) in [6, 6.07) is 7.83. The Kier molecular flexibility index (Phi) is 6.61. The van der Waals surface area contributed by atoms with Gasteiger partial charge in [0.1, 0.15) is 17.8 Å². The van der Waals surface area contributed by atoms with Crippen molar-refractivity contribution in [2.75, 3.05) is 0 Å². The number of nitrogens with zero attached hydrogens (tertiary/aromatic N) is 3. The van der Waals surface area contributed by atoms with Gasteiger partial charge in [0.05, 0.1) is 12.0 Å². The normalized spacial score (nSPS) is 23.9. The number of hydrogen-bond donors (Lipinski definition) is 1. The fourth-order valence-electron chi connectivity index (χ4n) is 3.70. The molecule has 2 aliphatic rings. The van der Waals surface area contributed by atoms with Crippen LogP contribution in [0.15, 0.2) is 34.9 Å². The van der Waals surface area contributed by atoms with Gasteiger partial charge in [-0.05, 0) is 19.4 Å². The number of fused-ring (bicyclic) bond motifs is 1. The second kappa shape index (κ2) is 8.70. The van der Waals surface area contributed by atoms with Crippen LogP contribution in [0, 0.1) is 0 Å². The summed E-state index contributed by atoms with van der Waals surface area (Å²) in [6.45, 7) is 3.49. The molecule has 1 aromatic heterocycles. The van der Waals surface area contributed by atoms with Crippen molar-refractivity contribution in [1.82, 2.24) is 20.4 Å². The predicted octanol–water partition coefficient (Wildman–Crippen LogP) is -3.50. The summed E-state index contributed by atoms with van der Waals surface area (Å²) >= 11 is 1.34. The van der Waals surface area contributed by atoms with E-state index < -0.39 is 40.0 Å². The first-order valence-electron chi connectivity index (χ1n) is 9.12. The Morgan fingerprint density at radius 2 is 2.00 bits per heavy atom. The molecule has 2 aromatic rings. The zero-order valence-corrected chi connectivity index (χ0v) is 19.6. The summed E-state index contributed by atoms with van der Waals surface area (Å²) in [4.78, 5) is 41.7. The number of carbonyl (C=O) groups excluding carboxylic acids is 3. The third-order valence-corrected chi connectivity index (χ3v) is 6.58. The van der Waals surface area contributed by atoms with Gasteiger partial charge < -0.3 is 24.6 Å². The molecule has 0 saturated carbocycles. The third-order valence-electron chi connectivity index (χ3n) is 5.01. The van der Waals surface area contributed by atoms with Crippen LogP contribution in [0.3, 0.4) is 0 Å². The first kappa shape index (κ1) is 22.8. The second-order valence-electron chi connectivity index (χ2n) is 7.57. The average Bonchev–Trinajstić information content (AvgIpc) is 3.20.